The quantitative estimate of drug-likeness (QED) is 0.517. The molecule has 1 aliphatic heterocycles. The molecule has 1 aliphatic rings. The maximum absolute atomic E-state index is 12.5. The third-order valence-electron chi connectivity index (χ3n) is 4.93. The molecule has 30 heavy (non-hydrogen) atoms. The first kappa shape index (κ1) is 21.9. The lowest BCUT2D eigenvalue weighted by atomic mass is 10.1. The van der Waals surface area contributed by atoms with Crippen LogP contribution in [-0.4, -0.2) is 48.1 Å². The van der Waals surface area contributed by atoms with Crippen LogP contribution in [0.4, 0.5) is 0 Å². The van der Waals surface area contributed by atoms with Crippen LogP contribution in [0.15, 0.2) is 59.5 Å². The molecule has 2 aromatic carbocycles. The minimum absolute atomic E-state index is 0.0787. The summed E-state index contributed by atoms with van der Waals surface area (Å²) < 4.78 is 5.21. The molecule has 6 nitrogen and oxygen atoms in total. The molecule has 158 valence electrons. The number of hydrogen-bond acceptors (Lipinski definition) is 5. The topological polar surface area (TPSA) is 75.7 Å². The molecule has 2 amide bonds. The van der Waals surface area contributed by atoms with E-state index in [0.29, 0.717) is 10.5 Å². The number of amides is 2. The molecule has 2 aromatic rings. The number of ether oxygens (including phenoxy) is 1. The zero-order valence-electron chi connectivity index (χ0n) is 17.0. The van der Waals surface area contributed by atoms with Gasteiger partial charge in [0.1, 0.15) is 0 Å². The fourth-order valence-electron chi connectivity index (χ4n) is 3.28. The molecule has 1 saturated heterocycles. The molecule has 1 heterocycles. The van der Waals surface area contributed by atoms with Gasteiger partial charge in [0.15, 0.2) is 6.61 Å². The van der Waals surface area contributed by atoms with Gasteiger partial charge < -0.3 is 15.0 Å². The fourth-order valence-corrected chi connectivity index (χ4v) is 4.22. The lowest BCUT2D eigenvalue weighted by molar-refractivity contribution is -0.127. The Hall–Kier alpha value is -2.80. The number of rotatable bonds is 8. The molecule has 1 atom stereocenters. The monoisotopic (exact) mass is 426 g/mol. The third-order valence-corrected chi connectivity index (χ3v) is 5.99. The second-order valence-electron chi connectivity index (χ2n) is 7.15. The first-order valence-electron chi connectivity index (χ1n) is 10.1. The average molecular weight is 427 g/mol. The predicted molar refractivity (Wildman–Crippen MR) is 116 cm³/mol. The van der Waals surface area contributed by atoms with Crippen molar-refractivity contribution in [1.82, 2.24) is 10.2 Å². The van der Waals surface area contributed by atoms with E-state index in [9.17, 15) is 14.4 Å². The summed E-state index contributed by atoms with van der Waals surface area (Å²) in [6.45, 7) is 3.12. The molecule has 0 aliphatic carbocycles. The van der Waals surface area contributed by atoms with Crippen molar-refractivity contribution < 1.29 is 19.1 Å². The summed E-state index contributed by atoms with van der Waals surface area (Å²) >= 11 is 1.32. The molecule has 7 heteroatoms. The molecule has 0 bridgehead atoms. The van der Waals surface area contributed by atoms with E-state index in [1.54, 1.807) is 18.2 Å². The summed E-state index contributed by atoms with van der Waals surface area (Å²) in [5, 5.41) is 2.82. The second-order valence-corrected chi connectivity index (χ2v) is 8.17. The van der Waals surface area contributed by atoms with Gasteiger partial charge in [-0.2, -0.15) is 0 Å². The lowest BCUT2D eigenvalue weighted by Gasteiger charge is -2.16. The Morgan fingerprint density at radius 3 is 2.43 bits per heavy atom. The predicted octanol–water partition coefficient (Wildman–Crippen LogP) is 3.44. The van der Waals surface area contributed by atoms with Crippen molar-refractivity contribution in [3.63, 3.8) is 0 Å². The fraction of sp³-hybridized carbons (Fsp3) is 0.348. The first-order valence-corrected chi connectivity index (χ1v) is 11.0. The highest BCUT2D eigenvalue weighted by Crippen LogP contribution is 2.24. The number of thioether (sulfide) groups is 1. The van der Waals surface area contributed by atoms with Gasteiger partial charge in [0.05, 0.1) is 17.4 Å². The molecule has 3 rings (SSSR count). The van der Waals surface area contributed by atoms with Gasteiger partial charge in [-0.15, -0.1) is 11.8 Å². The van der Waals surface area contributed by atoms with Crippen LogP contribution in [0.3, 0.4) is 0 Å². The van der Waals surface area contributed by atoms with Gasteiger partial charge in [0.2, 0.25) is 5.91 Å². The van der Waals surface area contributed by atoms with E-state index in [4.69, 9.17) is 4.74 Å². The number of nitrogens with zero attached hydrogens (tertiary/aromatic N) is 1. The van der Waals surface area contributed by atoms with Crippen molar-refractivity contribution in [1.29, 1.82) is 0 Å². The zero-order chi connectivity index (χ0) is 21.3. The van der Waals surface area contributed by atoms with Crippen LogP contribution in [0.2, 0.25) is 0 Å². The Kier molecular flexibility index (Phi) is 7.90. The Labute approximate surface area is 181 Å². The molecule has 0 unspecified atom stereocenters. The van der Waals surface area contributed by atoms with E-state index in [-0.39, 0.29) is 30.2 Å². The SMILES string of the molecule is C[C@@H](NC(=O)COC(=O)c1ccccc1SCC(=O)N1CCCC1)c1ccccc1. The minimum atomic E-state index is -0.575. The van der Waals surface area contributed by atoms with Crippen LogP contribution in [0, 0.1) is 0 Å². The van der Waals surface area contributed by atoms with Crippen LogP contribution >= 0.6 is 11.8 Å². The largest absolute Gasteiger partial charge is 0.452 e. The Balaban J connectivity index is 1.51. The summed E-state index contributed by atoms with van der Waals surface area (Å²) in [7, 11) is 0. The van der Waals surface area contributed by atoms with Crippen molar-refractivity contribution in [2.45, 2.75) is 30.7 Å². The van der Waals surface area contributed by atoms with Gasteiger partial charge in [-0.25, -0.2) is 4.79 Å². The molecule has 0 aromatic heterocycles. The maximum Gasteiger partial charge on any atom is 0.339 e. The number of benzene rings is 2. The Bertz CT molecular complexity index is 882. The van der Waals surface area contributed by atoms with Crippen LogP contribution in [0.5, 0.6) is 0 Å². The summed E-state index contributed by atoms with van der Waals surface area (Å²) in [6.07, 6.45) is 2.09. The highest BCUT2D eigenvalue weighted by molar-refractivity contribution is 8.00. The third kappa shape index (κ3) is 6.10. The normalized spacial score (nSPS) is 14.2. The van der Waals surface area contributed by atoms with Crippen LogP contribution in [-0.2, 0) is 14.3 Å². The summed E-state index contributed by atoms with van der Waals surface area (Å²) in [4.78, 5) is 39.5. The number of carbonyl (C=O) groups excluding carboxylic acids is 3. The zero-order valence-corrected chi connectivity index (χ0v) is 17.8. The molecule has 0 radical (unpaired) electrons. The maximum atomic E-state index is 12.5. The van der Waals surface area contributed by atoms with Gasteiger partial charge in [0.25, 0.3) is 5.91 Å². The van der Waals surface area contributed by atoms with E-state index >= 15 is 0 Å². The molecular weight excluding hydrogens is 400 g/mol. The standard InChI is InChI=1S/C23H26N2O4S/c1-17(18-9-3-2-4-10-18)24-21(26)15-29-23(28)19-11-5-6-12-20(19)30-16-22(27)25-13-7-8-14-25/h2-6,9-12,17H,7-8,13-16H2,1H3,(H,24,26)/t17-/m1/s1. The van der Waals surface area contributed by atoms with Crippen molar-refractivity contribution in [2.24, 2.45) is 0 Å². The number of likely N-dealkylation sites (tertiary alicyclic amines) is 1. The summed E-state index contributed by atoms with van der Waals surface area (Å²) in [6, 6.07) is 16.4. The summed E-state index contributed by atoms with van der Waals surface area (Å²) in [5.74, 6) is -0.586. The number of nitrogens with one attached hydrogen (secondary N) is 1. The van der Waals surface area contributed by atoms with Gasteiger partial charge >= 0.3 is 5.97 Å². The van der Waals surface area contributed by atoms with Crippen molar-refractivity contribution >= 4 is 29.5 Å². The molecule has 1 fully saturated rings. The first-order chi connectivity index (χ1) is 14.5. The van der Waals surface area contributed by atoms with Crippen molar-refractivity contribution in [3.05, 3.63) is 65.7 Å². The second kappa shape index (κ2) is 10.8. The van der Waals surface area contributed by atoms with Gasteiger partial charge in [0, 0.05) is 18.0 Å². The van der Waals surface area contributed by atoms with Crippen LogP contribution < -0.4 is 5.32 Å². The molecule has 1 N–H and O–H groups in total. The number of esters is 1. The van der Waals surface area contributed by atoms with E-state index in [1.165, 1.54) is 11.8 Å². The van der Waals surface area contributed by atoms with E-state index in [0.717, 1.165) is 31.5 Å². The average Bonchev–Trinajstić information content (AvgIpc) is 3.32. The molecule has 0 saturated carbocycles. The summed E-state index contributed by atoms with van der Waals surface area (Å²) in [5.41, 5.74) is 1.34. The molecule has 0 spiro atoms. The van der Waals surface area contributed by atoms with Crippen LogP contribution in [0.1, 0.15) is 41.7 Å². The highest BCUT2D eigenvalue weighted by atomic mass is 32.2. The molecular formula is C23H26N2O4S. The van der Waals surface area contributed by atoms with E-state index < -0.39 is 5.97 Å². The van der Waals surface area contributed by atoms with E-state index in [2.05, 4.69) is 5.32 Å². The van der Waals surface area contributed by atoms with Gasteiger partial charge in [-0.1, -0.05) is 42.5 Å². The Morgan fingerprint density at radius 1 is 1.03 bits per heavy atom. The number of hydrogen-bond donors (Lipinski definition) is 1. The van der Waals surface area contributed by atoms with Gasteiger partial charge in [-0.05, 0) is 37.5 Å². The van der Waals surface area contributed by atoms with E-state index in [1.807, 2.05) is 48.2 Å². The van der Waals surface area contributed by atoms with Crippen molar-refractivity contribution in [3.8, 4) is 0 Å². The van der Waals surface area contributed by atoms with Gasteiger partial charge in [-0.3, -0.25) is 9.59 Å². The smallest absolute Gasteiger partial charge is 0.339 e. The highest BCUT2D eigenvalue weighted by Gasteiger charge is 2.20. The minimum Gasteiger partial charge on any atom is -0.452 e. The van der Waals surface area contributed by atoms with Crippen LogP contribution in [0.25, 0.3) is 0 Å². The number of carbonyl (C=O) groups is 3. The van der Waals surface area contributed by atoms with Crippen molar-refractivity contribution in [2.75, 3.05) is 25.4 Å². The Morgan fingerprint density at radius 2 is 1.70 bits per heavy atom. The lowest BCUT2D eigenvalue weighted by Crippen LogP contribution is -2.31.